The predicted octanol–water partition coefficient (Wildman–Crippen LogP) is 3.71. The van der Waals surface area contributed by atoms with Gasteiger partial charge in [-0.25, -0.2) is 4.98 Å². The Kier molecular flexibility index (Phi) is 4.92. The van der Waals surface area contributed by atoms with Crippen molar-refractivity contribution in [3.05, 3.63) is 74.1 Å². The van der Waals surface area contributed by atoms with Crippen molar-refractivity contribution in [1.82, 2.24) is 9.55 Å². The number of rotatable bonds is 3. The van der Waals surface area contributed by atoms with Gasteiger partial charge in [0, 0.05) is 22.6 Å². The summed E-state index contributed by atoms with van der Waals surface area (Å²) in [4.78, 5) is 30.1. The normalized spacial score (nSPS) is 11.2. The lowest BCUT2D eigenvalue weighted by atomic mass is 9.93. The number of phenols is 1. The van der Waals surface area contributed by atoms with Crippen molar-refractivity contribution in [2.45, 2.75) is 33.1 Å². The highest BCUT2D eigenvalue weighted by Gasteiger charge is 2.21. The summed E-state index contributed by atoms with van der Waals surface area (Å²) in [5.74, 6) is -0.629. The van der Waals surface area contributed by atoms with Crippen LogP contribution in [0.25, 0.3) is 5.13 Å². The minimum Gasteiger partial charge on any atom is -0.507 e. The Hall–Kier alpha value is -3.24. The molecule has 3 aromatic rings. The zero-order chi connectivity index (χ0) is 20.6. The van der Waals surface area contributed by atoms with E-state index < -0.39 is 11.3 Å². The van der Waals surface area contributed by atoms with Crippen LogP contribution in [-0.4, -0.2) is 20.4 Å². The van der Waals surface area contributed by atoms with Crippen molar-refractivity contribution in [2.24, 2.45) is 0 Å². The average molecular weight is 393 g/mol. The molecule has 142 valence electrons. The molecule has 0 aliphatic heterocycles. The highest BCUT2D eigenvalue weighted by atomic mass is 32.1. The Morgan fingerprint density at radius 2 is 2.00 bits per heavy atom. The summed E-state index contributed by atoms with van der Waals surface area (Å²) >= 11 is 1.27. The quantitative estimate of drug-likeness (QED) is 0.684. The molecule has 0 saturated heterocycles. The zero-order valence-electron chi connectivity index (χ0n) is 16.0. The predicted molar refractivity (Wildman–Crippen MR) is 107 cm³/mol. The minimum absolute atomic E-state index is 0.114. The molecular formula is C21H19N3O3S. The second-order valence-corrected chi connectivity index (χ2v) is 8.38. The zero-order valence-corrected chi connectivity index (χ0v) is 16.8. The van der Waals surface area contributed by atoms with E-state index >= 15 is 0 Å². The second-order valence-electron chi connectivity index (χ2n) is 7.54. The number of ketones is 1. The van der Waals surface area contributed by atoms with Gasteiger partial charge in [-0.05, 0) is 25.1 Å². The summed E-state index contributed by atoms with van der Waals surface area (Å²) in [7, 11) is 0. The number of aromatic nitrogens is 2. The van der Waals surface area contributed by atoms with Crippen LogP contribution in [0.4, 0.5) is 0 Å². The van der Waals surface area contributed by atoms with E-state index in [1.165, 1.54) is 34.2 Å². The summed E-state index contributed by atoms with van der Waals surface area (Å²) < 4.78 is 1.22. The molecule has 0 atom stereocenters. The number of pyridine rings is 1. The van der Waals surface area contributed by atoms with Crippen LogP contribution in [0.1, 0.15) is 53.5 Å². The third-order valence-electron chi connectivity index (χ3n) is 4.26. The molecule has 0 bridgehead atoms. The van der Waals surface area contributed by atoms with E-state index in [1.807, 2.05) is 32.2 Å². The molecular weight excluding hydrogens is 374 g/mol. The summed E-state index contributed by atoms with van der Waals surface area (Å²) in [6.45, 7) is 7.84. The number of aryl methyl sites for hydroxylation is 1. The van der Waals surface area contributed by atoms with Crippen LogP contribution >= 0.6 is 11.3 Å². The van der Waals surface area contributed by atoms with E-state index in [0.29, 0.717) is 5.13 Å². The fourth-order valence-corrected chi connectivity index (χ4v) is 3.66. The Balaban J connectivity index is 2.17. The molecule has 1 aromatic carbocycles. The standard InChI is InChI=1S/C21H19N3O3S/c1-12-5-6-16(25)15(7-12)18(26)14-8-13(9-22)19(27)24(10-14)20-23-17(11-28-20)21(2,3)4/h5-8,10-11,25H,1-4H3. The summed E-state index contributed by atoms with van der Waals surface area (Å²) in [6.07, 6.45) is 1.37. The number of aromatic hydroxyl groups is 1. The largest absolute Gasteiger partial charge is 0.507 e. The number of benzene rings is 1. The number of nitrogens with zero attached hydrogens (tertiary/aromatic N) is 3. The highest BCUT2D eigenvalue weighted by molar-refractivity contribution is 7.12. The van der Waals surface area contributed by atoms with Crippen LogP contribution in [0.3, 0.4) is 0 Å². The number of thiazole rings is 1. The molecule has 2 heterocycles. The molecule has 0 saturated carbocycles. The van der Waals surface area contributed by atoms with Crippen LogP contribution in [0.2, 0.25) is 0 Å². The molecule has 2 aromatic heterocycles. The van der Waals surface area contributed by atoms with Gasteiger partial charge in [0.2, 0.25) is 0 Å². The van der Waals surface area contributed by atoms with Gasteiger partial charge < -0.3 is 5.11 Å². The molecule has 0 fully saturated rings. The minimum atomic E-state index is -0.540. The number of carbonyl (C=O) groups is 1. The van der Waals surface area contributed by atoms with Crippen molar-refractivity contribution >= 4 is 17.1 Å². The van der Waals surface area contributed by atoms with E-state index in [9.17, 15) is 20.0 Å². The van der Waals surface area contributed by atoms with Gasteiger partial charge in [0.1, 0.15) is 17.4 Å². The molecule has 28 heavy (non-hydrogen) atoms. The van der Waals surface area contributed by atoms with Gasteiger partial charge in [0.05, 0.1) is 11.3 Å². The molecule has 6 nitrogen and oxygen atoms in total. The maximum Gasteiger partial charge on any atom is 0.274 e. The van der Waals surface area contributed by atoms with Crippen molar-refractivity contribution in [3.8, 4) is 17.0 Å². The van der Waals surface area contributed by atoms with Crippen molar-refractivity contribution in [2.75, 3.05) is 0 Å². The molecule has 0 unspecified atom stereocenters. The first-order chi connectivity index (χ1) is 13.1. The molecule has 0 amide bonds. The van der Waals surface area contributed by atoms with Gasteiger partial charge in [0.15, 0.2) is 10.9 Å². The van der Waals surface area contributed by atoms with Crippen molar-refractivity contribution < 1.29 is 9.90 Å². The lowest BCUT2D eigenvalue weighted by Crippen LogP contribution is -2.23. The van der Waals surface area contributed by atoms with Crippen LogP contribution in [-0.2, 0) is 5.41 Å². The van der Waals surface area contributed by atoms with Gasteiger partial charge in [-0.3, -0.25) is 14.2 Å². The smallest absolute Gasteiger partial charge is 0.274 e. The fourth-order valence-electron chi connectivity index (χ4n) is 2.63. The number of carbonyl (C=O) groups excluding carboxylic acids is 1. The summed E-state index contributed by atoms with van der Waals surface area (Å²) in [5.41, 5.74) is 0.966. The molecule has 0 spiro atoms. The van der Waals surface area contributed by atoms with Gasteiger partial charge in [-0.15, -0.1) is 11.3 Å². The number of phenolic OH excluding ortho intramolecular Hbond substituents is 1. The van der Waals surface area contributed by atoms with Gasteiger partial charge in [-0.1, -0.05) is 32.4 Å². The Labute approximate surface area is 166 Å². The van der Waals surface area contributed by atoms with E-state index in [1.54, 1.807) is 19.1 Å². The van der Waals surface area contributed by atoms with Crippen LogP contribution in [0.15, 0.2) is 40.6 Å². The maximum atomic E-state index is 12.9. The number of hydrogen-bond donors (Lipinski definition) is 1. The first-order valence-electron chi connectivity index (χ1n) is 8.59. The lowest BCUT2D eigenvalue weighted by molar-refractivity contribution is 0.103. The van der Waals surface area contributed by atoms with E-state index in [-0.39, 0.29) is 27.9 Å². The van der Waals surface area contributed by atoms with Gasteiger partial charge >= 0.3 is 0 Å². The highest BCUT2D eigenvalue weighted by Crippen LogP contribution is 2.26. The maximum absolute atomic E-state index is 12.9. The topological polar surface area (TPSA) is 96.0 Å². The van der Waals surface area contributed by atoms with Crippen molar-refractivity contribution in [3.63, 3.8) is 0 Å². The lowest BCUT2D eigenvalue weighted by Gasteiger charge is -2.14. The molecule has 3 rings (SSSR count). The average Bonchev–Trinajstić information content (AvgIpc) is 3.13. The van der Waals surface area contributed by atoms with Crippen LogP contribution < -0.4 is 5.56 Å². The van der Waals surface area contributed by atoms with Gasteiger partial charge in [0.25, 0.3) is 5.56 Å². The van der Waals surface area contributed by atoms with Crippen LogP contribution in [0.5, 0.6) is 5.75 Å². The SMILES string of the molecule is Cc1ccc(O)c(C(=O)c2cc(C#N)c(=O)n(-c3nc(C(C)(C)C)cs3)c2)c1. The monoisotopic (exact) mass is 393 g/mol. The Morgan fingerprint density at radius 3 is 2.61 bits per heavy atom. The Morgan fingerprint density at radius 1 is 1.29 bits per heavy atom. The molecule has 0 aliphatic carbocycles. The van der Waals surface area contributed by atoms with E-state index in [0.717, 1.165) is 11.3 Å². The number of hydrogen-bond acceptors (Lipinski definition) is 6. The first-order valence-corrected chi connectivity index (χ1v) is 9.47. The first kappa shape index (κ1) is 19.5. The molecule has 0 aliphatic rings. The fraction of sp³-hybridized carbons (Fsp3) is 0.238. The van der Waals surface area contributed by atoms with E-state index in [4.69, 9.17) is 0 Å². The summed E-state index contributed by atoms with van der Waals surface area (Å²) in [5, 5.41) is 21.7. The van der Waals surface area contributed by atoms with Crippen molar-refractivity contribution in [1.29, 1.82) is 5.26 Å². The summed E-state index contributed by atoms with van der Waals surface area (Å²) in [6, 6.07) is 7.80. The molecule has 7 heteroatoms. The second kappa shape index (κ2) is 7.06. The number of nitriles is 1. The third kappa shape index (κ3) is 3.59. The molecule has 0 radical (unpaired) electrons. The van der Waals surface area contributed by atoms with Gasteiger partial charge in [-0.2, -0.15) is 5.26 Å². The third-order valence-corrected chi connectivity index (χ3v) is 5.10. The Bertz CT molecular complexity index is 1180. The van der Waals surface area contributed by atoms with E-state index in [2.05, 4.69) is 4.98 Å². The van der Waals surface area contributed by atoms with Crippen LogP contribution in [0, 0.1) is 18.3 Å². The molecule has 1 N–H and O–H groups in total.